The van der Waals surface area contributed by atoms with Crippen LogP contribution in [0.4, 0.5) is 11.5 Å². The number of hydrogen-bond acceptors (Lipinski definition) is 6. The Hall–Kier alpha value is -3.16. The summed E-state index contributed by atoms with van der Waals surface area (Å²) in [4.78, 5) is 34.3. The van der Waals surface area contributed by atoms with Crippen LogP contribution >= 0.6 is 0 Å². The van der Waals surface area contributed by atoms with Gasteiger partial charge in [0.25, 0.3) is 5.91 Å². The van der Waals surface area contributed by atoms with Crippen molar-refractivity contribution in [3.05, 3.63) is 41.6 Å². The van der Waals surface area contributed by atoms with Crippen LogP contribution in [0.3, 0.4) is 0 Å². The lowest BCUT2D eigenvalue weighted by molar-refractivity contribution is 0.0952. The number of anilines is 2. The minimum absolute atomic E-state index is 0.153. The lowest BCUT2D eigenvalue weighted by Gasteiger charge is -2.30. The number of aromatic nitrogens is 2. The Morgan fingerprint density at radius 2 is 2.25 bits per heavy atom. The molecule has 0 aliphatic carbocycles. The maximum absolute atomic E-state index is 12.3. The molecule has 1 aliphatic heterocycles. The average Bonchev–Trinajstić information content (AvgIpc) is 2.73. The number of unbranched alkanes of at least 4 members (excludes halogenated alkanes) is 1. The lowest BCUT2D eigenvalue weighted by Crippen LogP contribution is -2.32. The van der Waals surface area contributed by atoms with Gasteiger partial charge in [0, 0.05) is 37.2 Å². The van der Waals surface area contributed by atoms with Gasteiger partial charge >= 0.3 is 0 Å². The van der Waals surface area contributed by atoms with E-state index in [1.54, 1.807) is 18.5 Å². The molecule has 0 saturated heterocycles. The number of fused-ring (bicyclic) bond motifs is 1. The van der Waals surface area contributed by atoms with E-state index in [-0.39, 0.29) is 5.91 Å². The molecule has 0 spiro atoms. The number of hydrogen-bond donors (Lipinski definition) is 1. The van der Waals surface area contributed by atoms with Gasteiger partial charge in [-0.05, 0) is 25.5 Å². The van der Waals surface area contributed by atoms with Crippen molar-refractivity contribution in [2.75, 3.05) is 31.1 Å². The van der Waals surface area contributed by atoms with Crippen molar-refractivity contribution in [3.63, 3.8) is 0 Å². The molecule has 3 rings (SSSR count). The summed E-state index contributed by atoms with van der Waals surface area (Å²) in [5, 5.41) is 2.89. The van der Waals surface area contributed by atoms with Gasteiger partial charge in [-0.15, -0.1) is 0 Å². The summed E-state index contributed by atoms with van der Waals surface area (Å²) in [6.07, 6.45) is 5.94. The second-order valence-corrected chi connectivity index (χ2v) is 6.39. The molecule has 0 radical (unpaired) electrons. The van der Waals surface area contributed by atoms with Gasteiger partial charge in [-0.2, -0.15) is 0 Å². The molecule has 1 N–H and O–H groups in total. The summed E-state index contributed by atoms with van der Waals surface area (Å²) in [7, 11) is 0. The molecule has 3 heterocycles. The van der Waals surface area contributed by atoms with Gasteiger partial charge in [0.1, 0.15) is 12.1 Å². The molecule has 28 heavy (non-hydrogen) atoms. The van der Waals surface area contributed by atoms with Crippen molar-refractivity contribution in [2.24, 2.45) is 4.99 Å². The van der Waals surface area contributed by atoms with E-state index in [1.165, 1.54) is 4.57 Å². The van der Waals surface area contributed by atoms with Crippen molar-refractivity contribution >= 4 is 23.8 Å². The Balaban J connectivity index is 1.90. The molecule has 2 aromatic rings. The third-order valence-corrected chi connectivity index (χ3v) is 4.43. The highest BCUT2D eigenvalue weighted by atomic mass is 16.5. The number of ether oxygens (including phenoxy) is 1. The third kappa shape index (κ3) is 4.21. The van der Waals surface area contributed by atoms with Crippen LogP contribution in [0.2, 0.25) is 0 Å². The normalized spacial score (nSPS) is 13.6. The number of carbonyl (C=O) groups excluding carboxylic acids is 2. The molecule has 0 fully saturated rings. The molecule has 1 aliphatic rings. The molecule has 1 amide bonds. The highest BCUT2D eigenvalue weighted by Gasteiger charge is 2.23. The van der Waals surface area contributed by atoms with Crippen molar-refractivity contribution in [1.29, 1.82) is 0 Å². The first kappa shape index (κ1) is 19.6. The minimum atomic E-state index is -0.153. The molecule has 0 saturated carbocycles. The molecule has 2 aromatic heterocycles. The molecular weight excluding hydrogens is 358 g/mol. The molecule has 8 nitrogen and oxygen atoms in total. The summed E-state index contributed by atoms with van der Waals surface area (Å²) in [6, 6.07) is 5.41. The molecule has 8 heteroatoms. The van der Waals surface area contributed by atoms with Crippen molar-refractivity contribution in [1.82, 2.24) is 14.9 Å². The summed E-state index contributed by atoms with van der Waals surface area (Å²) in [5.74, 6) is 1.05. The van der Waals surface area contributed by atoms with Gasteiger partial charge < -0.3 is 15.0 Å². The van der Waals surface area contributed by atoms with Gasteiger partial charge in [-0.3, -0.25) is 19.1 Å². The largest absolute Gasteiger partial charge is 0.488 e. The van der Waals surface area contributed by atoms with Crippen LogP contribution in [0.25, 0.3) is 0 Å². The van der Waals surface area contributed by atoms with E-state index in [4.69, 9.17) is 4.74 Å². The van der Waals surface area contributed by atoms with Gasteiger partial charge in [-0.1, -0.05) is 13.3 Å². The molecule has 0 bridgehead atoms. The fourth-order valence-electron chi connectivity index (χ4n) is 2.99. The van der Waals surface area contributed by atoms with Crippen LogP contribution in [0, 0.1) is 0 Å². The monoisotopic (exact) mass is 383 g/mol. The highest BCUT2D eigenvalue weighted by molar-refractivity contribution is 5.94. The van der Waals surface area contributed by atoms with Crippen molar-refractivity contribution in [2.45, 2.75) is 26.7 Å². The number of rotatable bonds is 7. The number of amides is 1. The number of nitrogens with one attached hydrogen (secondary N) is 1. The fourth-order valence-corrected chi connectivity index (χ4v) is 2.99. The first-order valence-corrected chi connectivity index (χ1v) is 9.54. The van der Waals surface area contributed by atoms with Crippen LogP contribution < -0.4 is 20.4 Å². The zero-order valence-corrected chi connectivity index (χ0v) is 16.2. The second-order valence-electron chi connectivity index (χ2n) is 6.39. The molecule has 0 atom stereocenters. The van der Waals surface area contributed by atoms with Gasteiger partial charge in [0.05, 0.1) is 12.1 Å². The van der Waals surface area contributed by atoms with Gasteiger partial charge in [0.15, 0.2) is 11.6 Å². The van der Waals surface area contributed by atoms with Crippen LogP contribution in [0.5, 0.6) is 5.75 Å². The topological polar surface area (TPSA) is 88.8 Å². The van der Waals surface area contributed by atoms with Crippen LogP contribution in [-0.4, -0.2) is 48.1 Å². The zero-order chi connectivity index (χ0) is 19.9. The van der Waals surface area contributed by atoms with Crippen LogP contribution in [0.15, 0.2) is 35.6 Å². The predicted molar refractivity (Wildman–Crippen MR) is 107 cm³/mol. The summed E-state index contributed by atoms with van der Waals surface area (Å²) >= 11 is 0. The van der Waals surface area contributed by atoms with E-state index in [0.29, 0.717) is 48.9 Å². The lowest BCUT2D eigenvalue weighted by atomic mass is 10.2. The summed E-state index contributed by atoms with van der Waals surface area (Å²) < 4.78 is 7.18. The third-order valence-electron chi connectivity index (χ3n) is 4.43. The van der Waals surface area contributed by atoms with Crippen molar-refractivity contribution in [3.8, 4) is 5.75 Å². The van der Waals surface area contributed by atoms with Crippen LogP contribution in [0.1, 0.15) is 37.0 Å². The maximum Gasteiger partial charge on any atom is 0.252 e. The Bertz CT molecular complexity index is 922. The molecular formula is C20H25N5O3. The van der Waals surface area contributed by atoms with E-state index < -0.39 is 0 Å². The zero-order valence-electron chi connectivity index (χ0n) is 16.2. The van der Waals surface area contributed by atoms with E-state index >= 15 is 0 Å². The number of carbonyl (C=O) groups is 2. The van der Waals surface area contributed by atoms with E-state index in [1.807, 2.05) is 24.0 Å². The predicted octanol–water partition coefficient (Wildman–Crippen LogP) is 1.90. The van der Waals surface area contributed by atoms with Crippen molar-refractivity contribution < 1.29 is 14.3 Å². The summed E-state index contributed by atoms with van der Waals surface area (Å²) in [5.41, 5.74) is 1.92. The van der Waals surface area contributed by atoms with Gasteiger partial charge in [-0.25, -0.2) is 4.98 Å². The number of pyridine rings is 2. The smallest absolute Gasteiger partial charge is 0.252 e. The maximum atomic E-state index is 12.3. The Morgan fingerprint density at radius 1 is 1.39 bits per heavy atom. The quantitative estimate of drug-likeness (QED) is 0.583. The highest BCUT2D eigenvalue weighted by Crippen LogP contribution is 2.34. The number of nitrogens with zero attached hydrogens (tertiary/aromatic N) is 4. The average molecular weight is 383 g/mol. The Morgan fingerprint density at radius 3 is 3.00 bits per heavy atom. The molecule has 0 aromatic carbocycles. The van der Waals surface area contributed by atoms with Gasteiger partial charge in [0.2, 0.25) is 6.41 Å². The molecule has 0 unspecified atom stereocenters. The molecule has 148 valence electrons. The second kappa shape index (κ2) is 9.16. The van der Waals surface area contributed by atoms with E-state index in [2.05, 4.69) is 22.2 Å². The first-order chi connectivity index (χ1) is 13.7. The Kier molecular flexibility index (Phi) is 6.41. The fraction of sp³-hybridized carbons (Fsp3) is 0.400. The van der Waals surface area contributed by atoms with E-state index in [0.717, 1.165) is 24.9 Å². The Labute approximate surface area is 163 Å². The first-order valence-electron chi connectivity index (χ1n) is 9.54. The minimum Gasteiger partial charge on any atom is -0.488 e. The van der Waals surface area contributed by atoms with E-state index in [9.17, 15) is 9.59 Å². The standard InChI is InChI=1S/C20H25N5O3/c1-3-5-7-22-20(27)15-11-17-19(23-13-15)25(9-10-28-17)16-6-8-24(14-26)18(12-16)21-4-2/h6,8,11-14H,3-5,7,9-10H2,1-2H3,(H,22,27)/b21-18-. The summed E-state index contributed by atoms with van der Waals surface area (Å²) in [6.45, 7) is 6.29. The van der Waals surface area contributed by atoms with Crippen LogP contribution in [-0.2, 0) is 4.79 Å². The SMILES string of the molecule is CCCCNC(=O)c1cnc2c(c1)OCCN2c1ccn(C=O)/c(=N\CC)c1.